The summed E-state index contributed by atoms with van der Waals surface area (Å²) in [5.74, 6) is 0.153. The molecule has 4 nitrogen and oxygen atoms in total. The van der Waals surface area contributed by atoms with Crippen LogP contribution in [0.25, 0.3) is 0 Å². The van der Waals surface area contributed by atoms with Gasteiger partial charge in [-0.15, -0.1) is 0 Å². The number of hydrogen-bond donors (Lipinski definition) is 2. The molecule has 0 radical (unpaired) electrons. The Labute approximate surface area is 108 Å². The van der Waals surface area contributed by atoms with Gasteiger partial charge in [-0.05, 0) is 37.0 Å². The zero-order valence-electron chi connectivity index (χ0n) is 11.0. The number of anilines is 1. The van der Waals surface area contributed by atoms with Gasteiger partial charge >= 0.3 is 0 Å². The number of amides is 1. The van der Waals surface area contributed by atoms with Crippen LogP contribution in [0.5, 0.6) is 0 Å². The van der Waals surface area contributed by atoms with Crippen molar-refractivity contribution in [1.82, 2.24) is 0 Å². The van der Waals surface area contributed by atoms with E-state index in [0.717, 1.165) is 30.8 Å². The summed E-state index contributed by atoms with van der Waals surface area (Å²) in [5, 5.41) is 0. The van der Waals surface area contributed by atoms with E-state index in [1.165, 1.54) is 0 Å². The molecular formula is C14H21N3O. The zero-order valence-corrected chi connectivity index (χ0v) is 11.0. The van der Waals surface area contributed by atoms with Gasteiger partial charge in [0.25, 0.3) is 5.91 Å². The Morgan fingerprint density at radius 1 is 1.44 bits per heavy atom. The lowest BCUT2D eigenvalue weighted by Crippen LogP contribution is -2.48. The number of carbonyl (C=O) groups excluding carboxylic acids is 1. The minimum atomic E-state index is -0.378. The van der Waals surface area contributed by atoms with Gasteiger partial charge in [0.05, 0.1) is 5.56 Å². The lowest BCUT2D eigenvalue weighted by atomic mass is 9.93. The Kier molecular flexibility index (Phi) is 3.57. The van der Waals surface area contributed by atoms with Crippen molar-refractivity contribution in [2.24, 2.45) is 17.4 Å². The fraction of sp³-hybridized carbons (Fsp3) is 0.500. The van der Waals surface area contributed by atoms with E-state index in [9.17, 15) is 4.79 Å². The molecule has 2 rings (SSSR count). The van der Waals surface area contributed by atoms with E-state index in [1.54, 1.807) is 6.07 Å². The van der Waals surface area contributed by atoms with Gasteiger partial charge in [-0.3, -0.25) is 4.79 Å². The summed E-state index contributed by atoms with van der Waals surface area (Å²) in [6.45, 7) is 5.90. The molecule has 98 valence electrons. The lowest BCUT2D eigenvalue weighted by molar-refractivity contribution is 0.100. The molecule has 1 aliphatic rings. The van der Waals surface area contributed by atoms with E-state index in [2.05, 4.69) is 11.8 Å². The fourth-order valence-electron chi connectivity index (χ4n) is 2.43. The first-order chi connectivity index (χ1) is 8.49. The van der Waals surface area contributed by atoms with Crippen LogP contribution in [0.1, 0.15) is 29.3 Å². The maximum Gasteiger partial charge on any atom is 0.250 e. The first-order valence-electron chi connectivity index (χ1n) is 6.40. The second-order valence-corrected chi connectivity index (χ2v) is 5.26. The molecule has 1 saturated heterocycles. The molecule has 1 heterocycles. The Balaban J connectivity index is 2.32. The number of piperidine rings is 1. The van der Waals surface area contributed by atoms with Gasteiger partial charge in [-0.1, -0.05) is 13.0 Å². The standard InChI is InChI=1S/C14H21N3O/c1-9-3-4-11(14(16)18)13(7-9)17-6-5-10(2)12(15)8-17/h3-4,7,10,12H,5-6,8,15H2,1-2H3,(H2,16,18). The van der Waals surface area contributed by atoms with Crippen LogP contribution in [-0.4, -0.2) is 25.0 Å². The minimum Gasteiger partial charge on any atom is -0.369 e. The van der Waals surface area contributed by atoms with Crippen LogP contribution in [0, 0.1) is 12.8 Å². The summed E-state index contributed by atoms with van der Waals surface area (Å²) in [4.78, 5) is 13.7. The van der Waals surface area contributed by atoms with Gasteiger partial charge in [0.15, 0.2) is 0 Å². The van der Waals surface area contributed by atoms with Crippen LogP contribution < -0.4 is 16.4 Å². The molecule has 4 N–H and O–H groups in total. The van der Waals surface area contributed by atoms with Gasteiger partial charge < -0.3 is 16.4 Å². The van der Waals surface area contributed by atoms with E-state index >= 15 is 0 Å². The summed E-state index contributed by atoms with van der Waals surface area (Å²) in [6.07, 6.45) is 1.05. The first-order valence-corrected chi connectivity index (χ1v) is 6.40. The van der Waals surface area contributed by atoms with E-state index in [4.69, 9.17) is 11.5 Å². The normalized spacial score (nSPS) is 24.1. The number of aryl methyl sites for hydroxylation is 1. The molecule has 0 saturated carbocycles. The average molecular weight is 247 g/mol. The minimum absolute atomic E-state index is 0.153. The van der Waals surface area contributed by atoms with Gasteiger partial charge in [-0.25, -0.2) is 0 Å². The van der Waals surface area contributed by atoms with Crippen molar-refractivity contribution in [3.8, 4) is 0 Å². The van der Waals surface area contributed by atoms with Crippen LogP contribution in [0.15, 0.2) is 18.2 Å². The van der Waals surface area contributed by atoms with Crippen LogP contribution in [0.2, 0.25) is 0 Å². The quantitative estimate of drug-likeness (QED) is 0.826. The molecular weight excluding hydrogens is 226 g/mol. The smallest absolute Gasteiger partial charge is 0.250 e. The van der Waals surface area contributed by atoms with Crippen LogP contribution >= 0.6 is 0 Å². The van der Waals surface area contributed by atoms with E-state index in [0.29, 0.717) is 11.5 Å². The van der Waals surface area contributed by atoms with Crippen molar-refractivity contribution < 1.29 is 4.79 Å². The predicted molar refractivity (Wildman–Crippen MR) is 73.7 cm³/mol. The predicted octanol–water partition coefficient (Wildman–Crippen LogP) is 1.27. The number of rotatable bonds is 2. The Bertz CT molecular complexity index is 458. The molecule has 1 aromatic carbocycles. The lowest BCUT2D eigenvalue weighted by Gasteiger charge is -2.37. The summed E-state index contributed by atoms with van der Waals surface area (Å²) in [6, 6.07) is 5.88. The third-order valence-electron chi connectivity index (χ3n) is 3.78. The monoisotopic (exact) mass is 247 g/mol. The molecule has 4 heteroatoms. The molecule has 0 spiro atoms. The number of hydrogen-bond acceptors (Lipinski definition) is 3. The average Bonchev–Trinajstić information content (AvgIpc) is 2.32. The van der Waals surface area contributed by atoms with Crippen molar-refractivity contribution in [3.63, 3.8) is 0 Å². The Morgan fingerprint density at radius 2 is 2.17 bits per heavy atom. The fourth-order valence-corrected chi connectivity index (χ4v) is 2.43. The Hall–Kier alpha value is -1.55. The van der Waals surface area contributed by atoms with E-state index in [1.807, 2.05) is 19.1 Å². The molecule has 0 bridgehead atoms. The van der Waals surface area contributed by atoms with Crippen LogP contribution in [0.4, 0.5) is 5.69 Å². The summed E-state index contributed by atoms with van der Waals surface area (Å²) >= 11 is 0. The van der Waals surface area contributed by atoms with Gasteiger partial charge in [0, 0.05) is 24.8 Å². The van der Waals surface area contributed by atoms with Crippen molar-refractivity contribution in [3.05, 3.63) is 29.3 Å². The summed E-state index contributed by atoms with van der Waals surface area (Å²) in [5.41, 5.74) is 14.2. The van der Waals surface area contributed by atoms with Crippen molar-refractivity contribution in [2.75, 3.05) is 18.0 Å². The van der Waals surface area contributed by atoms with E-state index in [-0.39, 0.29) is 11.9 Å². The molecule has 0 aromatic heterocycles. The topological polar surface area (TPSA) is 72.4 Å². The zero-order chi connectivity index (χ0) is 13.3. The molecule has 2 unspecified atom stereocenters. The van der Waals surface area contributed by atoms with Crippen LogP contribution in [-0.2, 0) is 0 Å². The first kappa shape index (κ1) is 12.9. The SMILES string of the molecule is Cc1ccc(C(N)=O)c(N2CCC(C)C(N)C2)c1. The molecule has 0 aliphatic carbocycles. The molecule has 18 heavy (non-hydrogen) atoms. The number of primary amides is 1. The molecule has 1 aliphatic heterocycles. The maximum absolute atomic E-state index is 11.5. The van der Waals surface area contributed by atoms with Crippen molar-refractivity contribution in [1.29, 1.82) is 0 Å². The molecule has 1 fully saturated rings. The number of benzene rings is 1. The molecule has 1 amide bonds. The maximum atomic E-state index is 11.5. The highest BCUT2D eigenvalue weighted by atomic mass is 16.1. The highest BCUT2D eigenvalue weighted by Gasteiger charge is 2.25. The molecule has 1 aromatic rings. The molecule has 2 atom stereocenters. The van der Waals surface area contributed by atoms with Crippen molar-refractivity contribution in [2.45, 2.75) is 26.3 Å². The number of carbonyl (C=O) groups is 1. The van der Waals surface area contributed by atoms with E-state index < -0.39 is 0 Å². The second-order valence-electron chi connectivity index (χ2n) is 5.26. The van der Waals surface area contributed by atoms with Crippen molar-refractivity contribution >= 4 is 11.6 Å². The Morgan fingerprint density at radius 3 is 2.78 bits per heavy atom. The van der Waals surface area contributed by atoms with Gasteiger partial charge in [-0.2, -0.15) is 0 Å². The number of nitrogens with zero attached hydrogens (tertiary/aromatic N) is 1. The largest absolute Gasteiger partial charge is 0.369 e. The summed E-state index contributed by atoms with van der Waals surface area (Å²) in [7, 11) is 0. The highest BCUT2D eigenvalue weighted by Crippen LogP contribution is 2.26. The second kappa shape index (κ2) is 4.98. The third kappa shape index (κ3) is 2.48. The van der Waals surface area contributed by atoms with Crippen LogP contribution in [0.3, 0.4) is 0 Å². The third-order valence-corrected chi connectivity index (χ3v) is 3.78. The van der Waals surface area contributed by atoms with Gasteiger partial charge in [0.2, 0.25) is 0 Å². The van der Waals surface area contributed by atoms with Gasteiger partial charge in [0.1, 0.15) is 0 Å². The summed E-state index contributed by atoms with van der Waals surface area (Å²) < 4.78 is 0. The number of nitrogens with two attached hydrogens (primary N) is 2. The highest BCUT2D eigenvalue weighted by molar-refractivity contribution is 5.98.